The van der Waals surface area contributed by atoms with Gasteiger partial charge in [0.05, 0.1) is 0 Å². The van der Waals surface area contributed by atoms with Crippen molar-refractivity contribution in [2.75, 3.05) is 0 Å². The fourth-order valence-electron chi connectivity index (χ4n) is 2.40. The third-order valence-electron chi connectivity index (χ3n) is 3.60. The molecule has 0 saturated heterocycles. The Hall–Kier alpha value is -0.780. The summed E-state index contributed by atoms with van der Waals surface area (Å²) in [5.41, 5.74) is 1.50. The summed E-state index contributed by atoms with van der Waals surface area (Å²) < 4.78 is 0. The summed E-state index contributed by atoms with van der Waals surface area (Å²) in [6, 6.07) is 10.9. The first-order valence-electron chi connectivity index (χ1n) is 6.82. The second-order valence-corrected chi connectivity index (χ2v) is 4.96. The van der Waals surface area contributed by atoms with Crippen LogP contribution in [0.2, 0.25) is 0 Å². The molecule has 1 aromatic rings. The lowest BCUT2D eigenvalue weighted by atomic mass is 9.86. The van der Waals surface area contributed by atoms with Gasteiger partial charge in [-0.2, -0.15) is 0 Å². The highest BCUT2D eigenvalue weighted by Gasteiger charge is 2.12. The number of benzene rings is 1. The van der Waals surface area contributed by atoms with Crippen molar-refractivity contribution in [1.82, 2.24) is 0 Å². The average Bonchev–Trinajstić information content (AvgIpc) is 2.35. The van der Waals surface area contributed by atoms with Crippen molar-refractivity contribution in [3.63, 3.8) is 0 Å². The van der Waals surface area contributed by atoms with E-state index < -0.39 is 0 Å². The minimum Gasteiger partial charge on any atom is -0.0654 e. The first-order valence-corrected chi connectivity index (χ1v) is 6.82. The van der Waals surface area contributed by atoms with E-state index in [2.05, 4.69) is 51.1 Å². The highest BCUT2D eigenvalue weighted by molar-refractivity contribution is 5.18. The van der Waals surface area contributed by atoms with Crippen LogP contribution in [-0.4, -0.2) is 0 Å². The van der Waals surface area contributed by atoms with Gasteiger partial charge in [0.2, 0.25) is 0 Å². The molecule has 0 nitrogen and oxygen atoms in total. The number of hydrogen-bond donors (Lipinski definition) is 0. The Kier molecular flexibility index (Phi) is 6.22. The maximum atomic E-state index is 2.37. The molecule has 0 heterocycles. The quantitative estimate of drug-likeness (QED) is 0.575. The van der Waals surface area contributed by atoms with Crippen molar-refractivity contribution in [2.45, 2.75) is 58.8 Å². The average molecular weight is 218 g/mol. The molecule has 1 rings (SSSR count). The lowest BCUT2D eigenvalue weighted by Gasteiger charge is -2.19. The third-order valence-corrected chi connectivity index (χ3v) is 3.60. The monoisotopic (exact) mass is 218 g/mol. The number of unbranched alkanes of at least 4 members (excludes halogenated alkanes) is 1. The third kappa shape index (κ3) is 4.38. The van der Waals surface area contributed by atoms with Crippen LogP contribution in [0, 0.1) is 5.92 Å². The molecular formula is C16H26. The van der Waals surface area contributed by atoms with E-state index in [1.807, 2.05) is 0 Å². The maximum absolute atomic E-state index is 2.37. The summed E-state index contributed by atoms with van der Waals surface area (Å²) in [6.07, 6.45) is 6.80. The summed E-state index contributed by atoms with van der Waals surface area (Å²) in [5, 5.41) is 0. The number of rotatable bonds is 7. The molecular weight excluding hydrogens is 192 g/mol. The van der Waals surface area contributed by atoms with Crippen molar-refractivity contribution in [3.8, 4) is 0 Å². The topological polar surface area (TPSA) is 0 Å². The van der Waals surface area contributed by atoms with Crippen LogP contribution in [0.4, 0.5) is 0 Å². The van der Waals surface area contributed by atoms with E-state index in [-0.39, 0.29) is 0 Å². The van der Waals surface area contributed by atoms with Gasteiger partial charge in [-0.05, 0) is 23.8 Å². The molecule has 0 aliphatic rings. The molecule has 0 radical (unpaired) electrons. The van der Waals surface area contributed by atoms with Gasteiger partial charge in [0, 0.05) is 0 Å². The molecule has 1 aromatic carbocycles. The summed E-state index contributed by atoms with van der Waals surface area (Å²) in [6.45, 7) is 6.98. The Morgan fingerprint density at radius 2 is 1.75 bits per heavy atom. The fraction of sp³-hybridized carbons (Fsp3) is 0.625. The van der Waals surface area contributed by atoms with Crippen molar-refractivity contribution in [3.05, 3.63) is 35.9 Å². The molecule has 0 N–H and O–H groups in total. The van der Waals surface area contributed by atoms with E-state index >= 15 is 0 Å². The van der Waals surface area contributed by atoms with Crippen LogP contribution < -0.4 is 0 Å². The molecule has 16 heavy (non-hydrogen) atoms. The molecule has 0 aliphatic carbocycles. The largest absolute Gasteiger partial charge is 0.0654 e. The van der Waals surface area contributed by atoms with E-state index in [0.717, 1.165) is 5.92 Å². The van der Waals surface area contributed by atoms with Gasteiger partial charge < -0.3 is 0 Å². The van der Waals surface area contributed by atoms with Crippen LogP contribution in [0.1, 0.15) is 64.4 Å². The molecule has 0 heteroatoms. The molecule has 0 amide bonds. The predicted molar refractivity (Wildman–Crippen MR) is 72.8 cm³/mol. The lowest BCUT2D eigenvalue weighted by molar-refractivity contribution is 0.394. The Morgan fingerprint density at radius 1 is 1.06 bits per heavy atom. The highest BCUT2D eigenvalue weighted by atomic mass is 14.2. The van der Waals surface area contributed by atoms with Crippen LogP contribution in [0.15, 0.2) is 30.3 Å². The van der Waals surface area contributed by atoms with Gasteiger partial charge in [-0.25, -0.2) is 0 Å². The Morgan fingerprint density at radius 3 is 2.31 bits per heavy atom. The normalized spacial score (nSPS) is 14.7. The van der Waals surface area contributed by atoms with Gasteiger partial charge in [0.25, 0.3) is 0 Å². The molecule has 90 valence electrons. The zero-order chi connectivity index (χ0) is 11.8. The Bertz CT molecular complexity index is 263. The molecule has 2 unspecified atom stereocenters. The molecule has 2 atom stereocenters. The molecule has 0 aliphatic heterocycles. The molecule has 0 saturated carbocycles. The second kappa shape index (κ2) is 7.49. The number of hydrogen-bond acceptors (Lipinski definition) is 0. The van der Waals surface area contributed by atoms with E-state index in [1.165, 1.54) is 37.7 Å². The van der Waals surface area contributed by atoms with Crippen LogP contribution >= 0.6 is 0 Å². The van der Waals surface area contributed by atoms with Crippen molar-refractivity contribution in [1.29, 1.82) is 0 Å². The van der Waals surface area contributed by atoms with Crippen LogP contribution in [0.5, 0.6) is 0 Å². The van der Waals surface area contributed by atoms with Gasteiger partial charge in [0.1, 0.15) is 0 Å². The highest BCUT2D eigenvalue weighted by Crippen LogP contribution is 2.27. The zero-order valence-electron chi connectivity index (χ0n) is 11.1. The Balaban J connectivity index is 2.45. The fourth-order valence-corrected chi connectivity index (χ4v) is 2.40. The van der Waals surface area contributed by atoms with Gasteiger partial charge in [0.15, 0.2) is 0 Å². The summed E-state index contributed by atoms with van der Waals surface area (Å²) >= 11 is 0. The first kappa shape index (κ1) is 13.3. The summed E-state index contributed by atoms with van der Waals surface area (Å²) in [7, 11) is 0. The predicted octanol–water partition coefficient (Wildman–Crippen LogP) is 5.40. The first-order chi connectivity index (χ1) is 7.77. The van der Waals surface area contributed by atoms with Crippen LogP contribution in [0.25, 0.3) is 0 Å². The zero-order valence-corrected chi connectivity index (χ0v) is 11.1. The van der Waals surface area contributed by atoms with Gasteiger partial charge in [-0.15, -0.1) is 0 Å². The molecule has 0 spiro atoms. The van der Waals surface area contributed by atoms with Crippen molar-refractivity contribution >= 4 is 0 Å². The maximum Gasteiger partial charge on any atom is -0.0188 e. The Labute approximate surface area is 101 Å². The smallest absolute Gasteiger partial charge is 0.0188 e. The van der Waals surface area contributed by atoms with Crippen molar-refractivity contribution < 1.29 is 0 Å². The van der Waals surface area contributed by atoms with E-state index in [0.29, 0.717) is 5.92 Å². The van der Waals surface area contributed by atoms with E-state index in [9.17, 15) is 0 Å². The van der Waals surface area contributed by atoms with Crippen LogP contribution in [-0.2, 0) is 0 Å². The standard InChI is InChI=1S/C16H26/c1-4-6-10-15(5-2)13-14(3)16-11-8-7-9-12-16/h7-9,11-12,14-15H,4-6,10,13H2,1-3H3. The van der Waals surface area contributed by atoms with E-state index in [1.54, 1.807) is 0 Å². The minimum atomic E-state index is 0.711. The summed E-state index contributed by atoms with van der Waals surface area (Å²) in [5.74, 6) is 1.62. The van der Waals surface area contributed by atoms with Crippen molar-refractivity contribution in [2.24, 2.45) is 5.92 Å². The lowest BCUT2D eigenvalue weighted by Crippen LogP contribution is -2.04. The molecule has 0 fully saturated rings. The van der Waals surface area contributed by atoms with Gasteiger partial charge in [-0.3, -0.25) is 0 Å². The molecule has 0 bridgehead atoms. The molecule has 0 aromatic heterocycles. The SMILES string of the molecule is CCCCC(CC)CC(C)c1ccccc1. The summed E-state index contributed by atoms with van der Waals surface area (Å²) in [4.78, 5) is 0. The van der Waals surface area contributed by atoms with Crippen LogP contribution in [0.3, 0.4) is 0 Å². The van der Waals surface area contributed by atoms with Gasteiger partial charge >= 0.3 is 0 Å². The second-order valence-electron chi connectivity index (χ2n) is 4.96. The van der Waals surface area contributed by atoms with E-state index in [4.69, 9.17) is 0 Å². The minimum absolute atomic E-state index is 0.711. The van der Waals surface area contributed by atoms with Gasteiger partial charge in [-0.1, -0.05) is 76.8 Å².